The van der Waals surface area contributed by atoms with E-state index in [0.29, 0.717) is 16.7 Å². The third-order valence-electron chi connectivity index (χ3n) is 14.6. The molecule has 0 amide bonds. The van der Waals surface area contributed by atoms with Gasteiger partial charge in [-0.1, -0.05) is 133 Å². The van der Waals surface area contributed by atoms with Crippen LogP contribution < -0.4 is 11.5 Å². The van der Waals surface area contributed by atoms with Crippen LogP contribution in [0, 0.1) is 20.8 Å². The van der Waals surface area contributed by atoms with E-state index < -0.39 is 69.9 Å². The number of halogens is 9. The molecule has 3 unspecified atom stereocenters. The molecule has 8 aromatic carbocycles. The monoisotopic (exact) mass is 1170 g/mol. The predicted octanol–water partition coefficient (Wildman–Crippen LogP) is 13.8. The van der Waals surface area contributed by atoms with Crippen LogP contribution >= 0.6 is 0 Å². The lowest BCUT2D eigenvalue weighted by molar-refractivity contribution is -0.247. The molecule has 0 heterocycles. The summed E-state index contributed by atoms with van der Waals surface area (Å²) in [6.07, 6.45) is -14.9. The molecule has 20 heteroatoms. The van der Waals surface area contributed by atoms with Gasteiger partial charge in [0.2, 0.25) is 16.8 Å². The van der Waals surface area contributed by atoms with Crippen LogP contribution in [-0.2, 0) is 16.8 Å². The fourth-order valence-electron chi connectivity index (χ4n) is 10.6. The number of hydrogen-bond donors (Lipinski definition) is 8. The molecule has 3 aliphatic rings. The molecule has 11 nitrogen and oxygen atoms in total. The zero-order valence-electron chi connectivity index (χ0n) is 45.3. The summed E-state index contributed by atoms with van der Waals surface area (Å²) in [6, 6.07) is 44.1. The number of carboxylic acid groups (broad SMARTS) is 3. The lowest BCUT2D eigenvalue weighted by Crippen LogP contribution is -2.41. The zero-order valence-corrected chi connectivity index (χ0v) is 45.3. The second-order valence-corrected chi connectivity index (χ2v) is 20.2. The first-order valence-electron chi connectivity index (χ1n) is 25.6. The molecule has 0 bridgehead atoms. The summed E-state index contributed by atoms with van der Waals surface area (Å²) in [6.45, 7) is 8.56. The van der Waals surface area contributed by atoms with Crippen molar-refractivity contribution in [3.05, 3.63) is 248 Å². The molecule has 8 aromatic rings. The average Bonchev–Trinajstić information content (AvgIpc) is 1.62. The molecule has 0 saturated heterocycles. The molecular formula is C64H55F9N2O9. The van der Waals surface area contributed by atoms with Crippen molar-refractivity contribution >= 4 is 17.9 Å². The van der Waals surface area contributed by atoms with Crippen molar-refractivity contribution in [3.63, 3.8) is 0 Å². The number of carbonyl (C=O) groups is 3. The van der Waals surface area contributed by atoms with Gasteiger partial charge in [0.15, 0.2) is 0 Å². The highest BCUT2D eigenvalue weighted by Crippen LogP contribution is 2.59. The molecule has 84 heavy (non-hydrogen) atoms. The molecule has 0 aromatic heterocycles. The van der Waals surface area contributed by atoms with E-state index in [9.17, 15) is 69.2 Å². The molecule has 11 rings (SSSR count). The van der Waals surface area contributed by atoms with Crippen molar-refractivity contribution in [1.82, 2.24) is 0 Å². The normalized spacial score (nSPS) is 18.3. The van der Waals surface area contributed by atoms with Crippen molar-refractivity contribution in [2.24, 2.45) is 11.5 Å². The summed E-state index contributed by atoms with van der Waals surface area (Å²) in [7, 11) is 0. The van der Waals surface area contributed by atoms with E-state index in [4.69, 9.17) is 26.8 Å². The minimum atomic E-state index is -4.96. The number of aromatic carboxylic acids is 3. The number of aliphatic hydroxyl groups is 3. The lowest BCUT2D eigenvalue weighted by Gasteiger charge is -2.28. The smallest absolute Gasteiger partial charge is 0.425 e. The molecule has 0 spiro atoms. The topological polar surface area (TPSA) is 225 Å². The minimum Gasteiger partial charge on any atom is -0.478 e. The van der Waals surface area contributed by atoms with Gasteiger partial charge >= 0.3 is 36.4 Å². The fraction of sp³-hybridized carbons (Fsp3) is 0.203. The third-order valence-corrected chi connectivity index (χ3v) is 14.6. The van der Waals surface area contributed by atoms with Gasteiger partial charge in [0, 0.05) is 45.5 Å². The van der Waals surface area contributed by atoms with Gasteiger partial charge in [-0.25, -0.2) is 14.4 Å². The number of carboxylic acids is 3. The molecule has 10 N–H and O–H groups in total. The summed E-state index contributed by atoms with van der Waals surface area (Å²) in [5.74, 6) is -4.02. The highest BCUT2D eigenvalue weighted by atomic mass is 19.4. The summed E-state index contributed by atoms with van der Waals surface area (Å²) < 4.78 is 122. The molecule has 3 aliphatic carbocycles. The van der Waals surface area contributed by atoms with Gasteiger partial charge in [-0.2, -0.15) is 39.5 Å². The number of fused-ring (bicyclic) bond motifs is 9. The van der Waals surface area contributed by atoms with Gasteiger partial charge in [0.1, 0.15) is 0 Å². The van der Waals surface area contributed by atoms with E-state index in [-0.39, 0.29) is 78.8 Å². The maximum Gasteiger partial charge on any atom is 0.425 e. The Bertz CT molecular complexity index is 3430. The van der Waals surface area contributed by atoms with Gasteiger partial charge < -0.3 is 42.1 Å². The molecule has 0 aliphatic heterocycles. The van der Waals surface area contributed by atoms with Crippen LogP contribution in [0.2, 0.25) is 0 Å². The Balaban J connectivity index is 0.000000158. The fourth-order valence-corrected chi connectivity index (χ4v) is 10.6. The van der Waals surface area contributed by atoms with Crippen molar-refractivity contribution in [3.8, 4) is 33.4 Å². The first-order valence-corrected chi connectivity index (χ1v) is 25.6. The van der Waals surface area contributed by atoms with Crippen LogP contribution in [0.5, 0.6) is 0 Å². The Morgan fingerprint density at radius 1 is 0.369 bits per heavy atom. The predicted molar refractivity (Wildman–Crippen MR) is 296 cm³/mol. The zero-order chi connectivity index (χ0) is 62.2. The van der Waals surface area contributed by atoms with E-state index in [1.165, 1.54) is 105 Å². The number of benzene rings is 8. The highest BCUT2D eigenvalue weighted by Gasteiger charge is 2.63. The molecule has 5 atom stereocenters. The standard InChI is InChI=1S/3C16H11F3O3.2C8H11N/c3*1-8-6-9(14(20)21)7-12-13(8)10-4-2-3-5-11(10)15(12,22)16(17,18)19;2*1-7(9)8-5-3-2-4-6-8/h3*2-7,22H,1H3,(H,20,21);2*2-7H,9H2,1H3/t;;;2*7-/m...10/s1. The Hall–Kier alpha value is -8.66. The van der Waals surface area contributed by atoms with Crippen LogP contribution in [0.3, 0.4) is 0 Å². The number of hydrogen-bond acceptors (Lipinski definition) is 8. The minimum absolute atomic E-state index is 0.159. The molecular weight excluding hydrogens is 1110 g/mol. The average molecular weight is 1170 g/mol. The van der Waals surface area contributed by atoms with E-state index in [2.05, 4.69) is 0 Å². The summed E-state index contributed by atoms with van der Waals surface area (Å²) in [5.41, 5.74) is 3.69. The summed E-state index contributed by atoms with van der Waals surface area (Å²) >= 11 is 0. The van der Waals surface area contributed by atoms with Gasteiger partial charge in [0.25, 0.3) is 0 Å². The Kier molecular flexibility index (Phi) is 17.6. The maximum atomic E-state index is 13.6. The maximum absolute atomic E-state index is 13.6. The Labute approximate surface area is 475 Å². The second kappa shape index (κ2) is 23.5. The summed E-state index contributed by atoms with van der Waals surface area (Å²) in [4.78, 5) is 33.4. The van der Waals surface area contributed by atoms with Crippen LogP contribution in [0.25, 0.3) is 33.4 Å². The Morgan fingerprint density at radius 2 is 0.583 bits per heavy atom. The van der Waals surface area contributed by atoms with Gasteiger partial charge in [-0.3, -0.25) is 0 Å². The quantitative estimate of drug-likeness (QED) is 0.0757. The highest BCUT2D eigenvalue weighted by molar-refractivity contribution is 5.94. The first-order chi connectivity index (χ1) is 39.1. The molecule has 0 saturated carbocycles. The van der Waals surface area contributed by atoms with Crippen LogP contribution in [0.1, 0.15) is 118 Å². The van der Waals surface area contributed by atoms with E-state index >= 15 is 0 Å². The lowest BCUT2D eigenvalue weighted by atomic mass is 9.89. The van der Waals surface area contributed by atoms with Gasteiger partial charge in [0.05, 0.1) is 16.7 Å². The van der Waals surface area contributed by atoms with E-state index in [1.54, 1.807) is 18.2 Å². The Morgan fingerprint density at radius 3 is 0.774 bits per heavy atom. The number of aryl methyl sites for hydroxylation is 3. The largest absolute Gasteiger partial charge is 0.478 e. The van der Waals surface area contributed by atoms with Crippen molar-refractivity contribution < 1.29 is 84.5 Å². The first kappa shape index (κ1) is 62.9. The molecule has 0 fully saturated rings. The summed E-state index contributed by atoms with van der Waals surface area (Å²) in [5, 5.41) is 58.5. The van der Waals surface area contributed by atoms with Crippen molar-refractivity contribution in [2.45, 2.75) is 82.0 Å². The number of alkyl halides is 9. The van der Waals surface area contributed by atoms with E-state index in [1.807, 2.05) is 74.5 Å². The second-order valence-electron chi connectivity index (χ2n) is 20.2. The van der Waals surface area contributed by atoms with Crippen LogP contribution in [-0.4, -0.2) is 67.1 Å². The number of rotatable bonds is 5. The molecule has 438 valence electrons. The van der Waals surface area contributed by atoms with Gasteiger partial charge in [-0.05, 0) is 132 Å². The van der Waals surface area contributed by atoms with Gasteiger partial charge in [-0.15, -0.1) is 0 Å². The third kappa shape index (κ3) is 11.4. The van der Waals surface area contributed by atoms with Crippen molar-refractivity contribution in [2.75, 3.05) is 0 Å². The van der Waals surface area contributed by atoms with Crippen LogP contribution in [0.4, 0.5) is 39.5 Å². The number of nitrogens with two attached hydrogens (primary N) is 2. The molecule has 0 radical (unpaired) electrons. The van der Waals surface area contributed by atoms with Crippen LogP contribution in [0.15, 0.2) is 170 Å². The van der Waals surface area contributed by atoms with Crippen molar-refractivity contribution in [1.29, 1.82) is 0 Å². The SMILES string of the molecule is C[C@@H](N)c1ccccc1.C[C@H](N)c1ccccc1.Cc1cc(C(=O)O)cc2c1-c1ccccc1C2(O)C(F)(F)F.Cc1cc(C(=O)O)cc2c1-c1ccccc1C2(O)C(F)(F)F.Cc1cc(C(=O)O)cc2c1-c1ccccc1C2(O)C(F)(F)F. The van der Waals surface area contributed by atoms with E-state index in [0.717, 1.165) is 18.2 Å².